The largest absolute Gasteiger partial charge is 0.508 e. The second-order valence-electron chi connectivity index (χ2n) is 13.9. The Morgan fingerprint density at radius 2 is 1.62 bits per heavy atom. The van der Waals surface area contributed by atoms with E-state index in [9.17, 15) is 23.5 Å². The second kappa shape index (κ2) is 14.1. The van der Waals surface area contributed by atoms with Crippen molar-refractivity contribution in [3.8, 4) is 5.75 Å². The highest BCUT2D eigenvalue weighted by Gasteiger charge is 2.50. The van der Waals surface area contributed by atoms with E-state index in [1.807, 2.05) is 0 Å². The minimum atomic E-state index is -2.25. The summed E-state index contributed by atoms with van der Waals surface area (Å²) in [6.45, 7) is 13.4. The number of ether oxygens (including phenoxy) is 1. The standard InChI is InChI=1S/C36H45F2N3O5Si/c1-36(2,3)47(4,5)46-32(25-7-9-26(37)10-8-25)17-16-30-33(41(34(30)43)28-13-11-27(38)12-14-28)29-15-6-24(22-31(29)42)23-45-35(44)40-20-18-39-19-21-40/h6-15,22,30,32-33,39,42H,16-21,23H2,1-5H3/t30-,32+,33-/m1/s1. The third-order valence-electron chi connectivity index (χ3n) is 9.69. The molecule has 2 aliphatic heterocycles. The van der Waals surface area contributed by atoms with Crippen LogP contribution in [0.3, 0.4) is 0 Å². The predicted octanol–water partition coefficient (Wildman–Crippen LogP) is 7.46. The lowest BCUT2D eigenvalue weighted by Gasteiger charge is -2.48. The molecule has 0 spiro atoms. The number of hydrogen-bond acceptors (Lipinski definition) is 6. The molecule has 5 rings (SSSR count). The molecule has 2 heterocycles. The molecular formula is C36H45F2N3O5Si. The van der Waals surface area contributed by atoms with Gasteiger partial charge in [-0.1, -0.05) is 45.0 Å². The summed E-state index contributed by atoms with van der Waals surface area (Å²) in [6, 6.07) is 16.6. The van der Waals surface area contributed by atoms with Crippen LogP contribution in [0.1, 0.15) is 62.4 Å². The maximum atomic E-state index is 13.9. The van der Waals surface area contributed by atoms with Crippen molar-refractivity contribution in [2.75, 3.05) is 31.1 Å². The van der Waals surface area contributed by atoms with Crippen molar-refractivity contribution in [1.29, 1.82) is 0 Å². The quantitative estimate of drug-likeness (QED) is 0.173. The van der Waals surface area contributed by atoms with Gasteiger partial charge in [0.2, 0.25) is 5.91 Å². The molecule has 47 heavy (non-hydrogen) atoms. The number of nitrogens with one attached hydrogen (secondary N) is 1. The second-order valence-corrected chi connectivity index (χ2v) is 18.7. The first-order chi connectivity index (χ1) is 22.2. The summed E-state index contributed by atoms with van der Waals surface area (Å²) in [5.74, 6) is -1.40. The fourth-order valence-electron chi connectivity index (χ4n) is 5.92. The van der Waals surface area contributed by atoms with Crippen LogP contribution in [0.15, 0.2) is 66.7 Å². The Hall–Kier alpha value is -3.80. The van der Waals surface area contributed by atoms with Crippen LogP contribution in [0.5, 0.6) is 5.75 Å². The fourth-order valence-corrected chi connectivity index (χ4v) is 7.24. The molecular weight excluding hydrogens is 620 g/mol. The van der Waals surface area contributed by atoms with Gasteiger partial charge in [-0.2, -0.15) is 0 Å². The molecule has 2 saturated heterocycles. The van der Waals surface area contributed by atoms with Crippen molar-refractivity contribution in [1.82, 2.24) is 10.2 Å². The van der Waals surface area contributed by atoms with E-state index < -0.39 is 32.2 Å². The molecule has 2 fully saturated rings. The van der Waals surface area contributed by atoms with Crippen molar-refractivity contribution in [2.45, 2.75) is 70.5 Å². The maximum absolute atomic E-state index is 13.9. The zero-order chi connectivity index (χ0) is 33.9. The summed E-state index contributed by atoms with van der Waals surface area (Å²) >= 11 is 0. The van der Waals surface area contributed by atoms with Gasteiger partial charge in [0.05, 0.1) is 18.1 Å². The van der Waals surface area contributed by atoms with Gasteiger partial charge in [0.25, 0.3) is 0 Å². The minimum absolute atomic E-state index is 0.00452. The van der Waals surface area contributed by atoms with E-state index in [2.05, 4.69) is 39.2 Å². The first-order valence-corrected chi connectivity index (χ1v) is 19.1. The highest BCUT2D eigenvalue weighted by Crippen LogP contribution is 2.49. The molecule has 0 saturated carbocycles. The number of carbonyl (C=O) groups is 2. The summed E-state index contributed by atoms with van der Waals surface area (Å²) in [5.41, 5.74) is 2.53. The van der Waals surface area contributed by atoms with E-state index in [-0.39, 0.29) is 35.2 Å². The zero-order valence-corrected chi connectivity index (χ0v) is 28.8. The molecule has 3 aromatic rings. The number of benzene rings is 3. The molecule has 0 radical (unpaired) electrons. The van der Waals surface area contributed by atoms with Gasteiger partial charge in [-0.3, -0.25) is 4.79 Å². The highest BCUT2D eigenvalue weighted by atomic mass is 28.4. The number of phenolic OH excluding ortho intramolecular Hbond substituents is 1. The number of rotatable bonds is 10. The first-order valence-electron chi connectivity index (χ1n) is 16.2. The summed E-state index contributed by atoms with van der Waals surface area (Å²) in [4.78, 5) is 29.5. The number of hydrogen-bond donors (Lipinski definition) is 2. The summed E-state index contributed by atoms with van der Waals surface area (Å²) in [7, 11) is -2.25. The maximum Gasteiger partial charge on any atom is 0.410 e. The molecule has 252 valence electrons. The van der Waals surface area contributed by atoms with Crippen LogP contribution < -0.4 is 10.2 Å². The van der Waals surface area contributed by atoms with Gasteiger partial charge in [-0.05, 0) is 84.6 Å². The predicted molar refractivity (Wildman–Crippen MR) is 180 cm³/mol. The van der Waals surface area contributed by atoms with E-state index in [0.717, 1.165) is 5.56 Å². The molecule has 0 aromatic heterocycles. The number of nitrogens with zero attached hydrogens (tertiary/aromatic N) is 2. The van der Waals surface area contributed by atoms with E-state index >= 15 is 0 Å². The number of aromatic hydroxyl groups is 1. The lowest BCUT2D eigenvalue weighted by molar-refractivity contribution is -0.131. The topological polar surface area (TPSA) is 91.3 Å². The van der Waals surface area contributed by atoms with Crippen LogP contribution in [-0.4, -0.2) is 56.5 Å². The normalized spacial score (nSPS) is 19.3. The number of anilines is 1. The summed E-state index contributed by atoms with van der Waals surface area (Å²) in [6.07, 6.45) is 0.189. The minimum Gasteiger partial charge on any atom is -0.508 e. The zero-order valence-electron chi connectivity index (χ0n) is 27.8. The molecule has 0 unspecified atom stereocenters. The molecule has 3 aromatic carbocycles. The van der Waals surface area contributed by atoms with Crippen LogP contribution in [0.4, 0.5) is 19.3 Å². The number of phenols is 1. The van der Waals surface area contributed by atoms with E-state index in [0.29, 0.717) is 55.8 Å². The van der Waals surface area contributed by atoms with E-state index in [4.69, 9.17) is 9.16 Å². The fraction of sp³-hybridized carbons (Fsp3) is 0.444. The van der Waals surface area contributed by atoms with Gasteiger partial charge in [-0.15, -0.1) is 0 Å². The molecule has 2 aliphatic rings. The Balaban J connectivity index is 1.38. The average Bonchev–Trinajstić information content (AvgIpc) is 3.03. The summed E-state index contributed by atoms with van der Waals surface area (Å²) in [5, 5.41) is 14.4. The van der Waals surface area contributed by atoms with Crippen LogP contribution >= 0.6 is 0 Å². The van der Waals surface area contributed by atoms with Crippen LogP contribution in [-0.2, 0) is 20.6 Å². The first kappa shape index (κ1) is 34.5. The molecule has 8 nitrogen and oxygen atoms in total. The Morgan fingerprint density at radius 3 is 2.21 bits per heavy atom. The van der Waals surface area contributed by atoms with Crippen LogP contribution in [0.25, 0.3) is 0 Å². The molecule has 3 atom stereocenters. The monoisotopic (exact) mass is 665 g/mol. The highest BCUT2D eigenvalue weighted by molar-refractivity contribution is 6.74. The Kier molecular flexibility index (Phi) is 10.4. The van der Waals surface area contributed by atoms with Gasteiger partial charge < -0.3 is 29.4 Å². The van der Waals surface area contributed by atoms with Crippen molar-refractivity contribution in [3.63, 3.8) is 0 Å². The Labute approximate surface area is 276 Å². The molecule has 2 N–H and O–H groups in total. The van der Waals surface area contributed by atoms with Crippen molar-refractivity contribution in [3.05, 3.63) is 95.1 Å². The number of halogens is 2. The Morgan fingerprint density at radius 1 is 1.00 bits per heavy atom. The van der Waals surface area contributed by atoms with Gasteiger partial charge in [0, 0.05) is 37.4 Å². The smallest absolute Gasteiger partial charge is 0.410 e. The van der Waals surface area contributed by atoms with Crippen LogP contribution in [0.2, 0.25) is 18.1 Å². The van der Waals surface area contributed by atoms with Gasteiger partial charge in [-0.25, -0.2) is 13.6 Å². The molecule has 0 bridgehead atoms. The number of β-lactam (4-membered cyclic amide) rings is 1. The van der Waals surface area contributed by atoms with Crippen molar-refractivity contribution < 1.29 is 32.6 Å². The van der Waals surface area contributed by atoms with Crippen molar-refractivity contribution in [2.24, 2.45) is 5.92 Å². The third-order valence-corrected chi connectivity index (χ3v) is 14.2. The number of amides is 2. The molecule has 11 heteroatoms. The number of carbonyl (C=O) groups excluding carboxylic acids is 2. The SMILES string of the molecule is CC(C)(C)[Si](C)(C)O[C@@H](CC[C@H]1C(=O)N(c2ccc(F)cc2)[C@@H]1c1ccc(COC(=O)N2CCNCC2)cc1O)c1ccc(F)cc1. The lowest BCUT2D eigenvalue weighted by atomic mass is 9.77. The summed E-state index contributed by atoms with van der Waals surface area (Å²) < 4.78 is 40.0. The van der Waals surface area contributed by atoms with Crippen LogP contribution in [0, 0.1) is 17.6 Å². The van der Waals surface area contributed by atoms with Gasteiger partial charge >= 0.3 is 6.09 Å². The van der Waals surface area contributed by atoms with Gasteiger partial charge in [0.15, 0.2) is 8.32 Å². The lowest BCUT2D eigenvalue weighted by Crippen LogP contribution is -2.55. The third kappa shape index (κ3) is 7.85. The van der Waals surface area contributed by atoms with E-state index in [1.165, 1.54) is 24.3 Å². The Bertz CT molecular complexity index is 1560. The van der Waals surface area contributed by atoms with Gasteiger partial charge in [0.1, 0.15) is 24.0 Å². The van der Waals surface area contributed by atoms with Crippen molar-refractivity contribution >= 4 is 26.0 Å². The molecule has 2 amide bonds. The number of piperazine rings is 1. The average molecular weight is 666 g/mol. The van der Waals surface area contributed by atoms with E-state index in [1.54, 1.807) is 52.3 Å². The molecule has 0 aliphatic carbocycles.